The highest BCUT2D eigenvalue weighted by molar-refractivity contribution is 5.88. The fourth-order valence-corrected chi connectivity index (χ4v) is 4.83. The largest absolute Gasteiger partial charge is 0.497 e. The number of rotatable bonds is 11. The number of benzene rings is 3. The number of amides is 2. The summed E-state index contributed by atoms with van der Waals surface area (Å²) in [5.41, 5.74) is 2.84. The van der Waals surface area contributed by atoms with Crippen LogP contribution in [0.5, 0.6) is 11.5 Å². The topological polar surface area (TPSA) is 67.9 Å². The fraction of sp³-hybridized carbons (Fsp3) is 0.355. The molecule has 1 aliphatic rings. The van der Waals surface area contributed by atoms with Crippen LogP contribution in [0.1, 0.15) is 42.4 Å². The molecule has 0 bridgehead atoms. The Bertz CT molecular complexity index is 1170. The van der Waals surface area contributed by atoms with Crippen molar-refractivity contribution < 1.29 is 19.1 Å². The van der Waals surface area contributed by atoms with E-state index in [0.717, 1.165) is 42.4 Å². The second-order valence-corrected chi connectivity index (χ2v) is 9.62. The molecule has 0 aliphatic heterocycles. The van der Waals surface area contributed by atoms with Crippen LogP contribution in [0.3, 0.4) is 0 Å². The second-order valence-electron chi connectivity index (χ2n) is 9.62. The third-order valence-corrected chi connectivity index (χ3v) is 6.90. The smallest absolute Gasteiger partial charge is 0.261 e. The highest BCUT2D eigenvalue weighted by Gasteiger charge is 2.32. The fourth-order valence-electron chi connectivity index (χ4n) is 4.83. The molecule has 0 saturated heterocycles. The number of ether oxygens (including phenoxy) is 2. The third-order valence-electron chi connectivity index (χ3n) is 6.90. The van der Waals surface area contributed by atoms with Gasteiger partial charge in [0.15, 0.2) is 6.61 Å². The zero-order chi connectivity index (χ0) is 26.0. The van der Waals surface area contributed by atoms with Crippen LogP contribution in [0.25, 0.3) is 0 Å². The van der Waals surface area contributed by atoms with Crippen LogP contribution in [0.4, 0.5) is 0 Å². The van der Waals surface area contributed by atoms with Crippen molar-refractivity contribution in [3.63, 3.8) is 0 Å². The lowest BCUT2D eigenvalue weighted by molar-refractivity contribution is -0.143. The molecule has 0 spiro atoms. The zero-order valence-corrected chi connectivity index (χ0v) is 21.7. The molecule has 0 aromatic heterocycles. The lowest BCUT2D eigenvalue weighted by atomic mass is 10.0. The van der Waals surface area contributed by atoms with E-state index >= 15 is 0 Å². The van der Waals surface area contributed by atoms with E-state index in [1.54, 1.807) is 12.0 Å². The molecule has 37 heavy (non-hydrogen) atoms. The second kappa shape index (κ2) is 12.9. The quantitative estimate of drug-likeness (QED) is 0.399. The normalized spacial score (nSPS) is 14.1. The number of carbonyl (C=O) groups excluding carboxylic acids is 2. The molecule has 2 amide bonds. The number of nitrogens with one attached hydrogen (secondary N) is 1. The molecule has 1 saturated carbocycles. The molecule has 4 rings (SSSR count). The molecule has 3 aromatic rings. The predicted octanol–water partition coefficient (Wildman–Crippen LogP) is 5.08. The minimum Gasteiger partial charge on any atom is -0.497 e. The zero-order valence-electron chi connectivity index (χ0n) is 21.7. The lowest BCUT2D eigenvalue weighted by Crippen LogP contribution is -2.53. The number of hydrogen-bond acceptors (Lipinski definition) is 4. The van der Waals surface area contributed by atoms with Crippen LogP contribution in [0.2, 0.25) is 0 Å². The summed E-state index contributed by atoms with van der Waals surface area (Å²) in [5, 5.41) is 3.23. The lowest BCUT2D eigenvalue weighted by Gasteiger charge is -2.32. The summed E-state index contributed by atoms with van der Waals surface area (Å²) in [4.78, 5) is 29.1. The summed E-state index contributed by atoms with van der Waals surface area (Å²) in [5.74, 6) is 1.000. The van der Waals surface area contributed by atoms with Gasteiger partial charge in [-0.25, -0.2) is 0 Å². The van der Waals surface area contributed by atoms with E-state index in [1.165, 1.54) is 0 Å². The SMILES string of the molecule is COc1cccc(CN(C(=O)COc2ccccc2C)C(Cc2ccccc2)C(=O)NC2CCCC2)c1. The average molecular weight is 501 g/mol. The van der Waals surface area contributed by atoms with Crippen LogP contribution in [-0.4, -0.2) is 42.5 Å². The van der Waals surface area contributed by atoms with Gasteiger partial charge in [0.25, 0.3) is 5.91 Å². The van der Waals surface area contributed by atoms with E-state index in [4.69, 9.17) is 9.47 Å². The Morgan fingerprint density at radius 1 is 0.946 bits per heavy atom. The van der Waals surface area contributed by atoms with Gasteiger partial charge in [0.1, 0.15) is 17.5 Å². The average Bonchev–Trinajstić information content (AvgIpc) is 3.43. The molecular weight excluding hydrogens is 464 g/mol. The number of para-hydroxylation sites is 1. The Labute approximate surface area is 219 Å². The van der Waals surface area contributed by atoms with E-state index in [-0.39, 0.29) is 31.0 Å². The minimum absolute atomic E-state index is 0.122. The Balaban J connectivity index is 1.63. The standard InChI is InChI=1S/C31H36N2O4/c1-23-11-6-9-18-29(23)37-22-30(34)33(21-25-14-10-17-27(19-25)36-2)28(20-24-12-4-3-5-13-24)31(35)32-26-15-7-8-16-26/h3-6,9-14,17-19,26,28H,7-8,15-16,20-22H2,1-2H3,(H,32,35). The monoisotopic (exact) mass is 500 g/mol. The van der Waals surface area contributed by atoms with Crippen molar-refractivity contribution in [2.75, 3.05) is 13.7 Å². The summed E-state index contributed by atoms with van der Waals surface area (Å²) in [6.45, 7) is 2.06. The van der Waals surface area contributed by atoms with Crippen LogP contribution in [0, 0.1) is 6.92 Å². The Morgan fingerprint density at radius 2 is 1.65 bits per heavy atom. The van der Waals surface area contributed by atoms with Gasteiger partial charge in [-0.3, -0.25) is 9.59 Å². The molecule has 6 heteroatoms. The first kappa shape index (κ1) is 26.3. The van der Waals surface area contributed by atoms with Gasteiger partial charge in [0.2, 0.25) is 5.91 Å². The highest BCUT2D eigenvalue weighted by atomic mass is 16.5. The molecule has 1 unspecified atom stereocenters. The van der Waals surface area contributed by atoms with Crippen molar-refractivity contribution in [3.8, 4) is 11.5 Å². The molecule has 0 heterocycles. The molecule has 6 nitrogen and oxygen atoms in total. The molecule has 3 aromatic carbocycles. The maximum atomic E-state index is 13.7. The molecule has 1 aliphatic carbocycles. The van der Waals surface area contributed by atoms with E-state index in [2.05, 4.69) is 5.32 Å². The number of methoxy groups -OCH3 is 1. The number of hydrogen-bond donors (Lipinski definition) is 1. The van der Waals surface area contributed by atoms with Gasteiger partial charge in [-0.2, -0.15) is 0 Å². The first-order valence-corrected chi connectivity index (χ1v) is 13.0. The van der Waals surface area contributed by atoms with Gasteiger partial charge >= 0.3 is 0 Å². The minimum atomic E-state index is -0.679. The van der Waals surface area contributed by atoms with Gasteiger partial charge in [-0.05, 0) is 54.7 Å². The first-order valence-electron chi connectivity index (χ1n) is 13.0. The van der Waals surface area contributed by atoms with E-state index in [0.29, 0.717) is 17.9 Å². The maximum absolute atomic E-state index is 13.7. The Morgan fingerprint density at radius 3 is 2.38 bits per heavy atom. The molecule has 1 N–H and O–H groups in total. The van der Waals surface area contributed by atoms with Crippen LogP contribution < -0.4 is 14.8 Å². The Hall–Kier alpha value is -3.80. The Kier molecular flexibility index (Phi) is 9.19. The molecule has 0 radical (unpaired) electrons. The summed E-state index contributed by atoms with van der Waals surface area (Å²) in [6.07, 6.45) is 4.60. The summed E-state index contributed by atoms with van der Waals surface area (Å²) in [7, 11) is 1.62. The summed E-state index contributed by atoms with van der Waals surface area (Å²) >= 11 is 0. The van der Waals surface area contributed by atoms with Crippen molar-refractivity contribution >= 4 is 11.8 Å². The van der Waals surface area contributed by atoms with Gasteiger partial charge < -0.3 is 19.7 Å². The number of nitrogens with zero attached hydrogens (tertiary/aromatic N) is 1. The molecule has 194 valence electrons. The van der Waals surface area contributed by atoms with Crippen LogP contribution in [-0.2, 0) is 22.6 Å². The van der Waals surface area contributed by atoms with Gasteiger partial charge in [-0.1, -0.05) is 73.5 Å². The van der Waals surface area contributed by atoms with Crippen molar-refractivity contribution in [2.24, 2.45) is 0 Å². The maximum Gasteiger partial charge on any atom is 0.261 e. The molecule has 1 atom stereocenters. The number of aryl methyl sites for hydroxylation is 1. The molecular formula is C31H36N2O4. The van der Waals surface area contributed by atoms with Crippen molar-refractivity contribution in [1.29, 1.82) is 0 Å². The van der Waals surface area contributed by atoms with Gasteiger partial charge in [-0.15, -0.1) is 0 Å². The predicted molar refractivity (Wildman–Crippen MR) is 145 cm³/mol. The van der Waals surface area contributed by atoms with Crippen molar-refractivity contribution in [3.05, 3.63) is 95.6 Å². The van der Waals surface area contributed by atoms with E-state index < -0.39 is 6.04 Å². The first-order chi connectivity index (χ1) is 18.0. The summed E-state index contributed by atoms with van der Waals surface area (Å²) < 4.78 is 11.3. The van der Waals surface area contributed by atoms with Crippen LogP contribution in [0.15, 0.2) is 78.9 Å². The van der Waals surface area contributed by atoms with Gasteiger partial charge in [0.05, 0.1) is 7.11 Å². The van der Waals surface area contributed by atoms with Crippen molar-refractivity contribution in [2.45, 2.75) is 57.7 Å². The summed E-state index contributed by atoms with van der Waals surface area (Å²) in [6, 6.07) is 24.5. The third kappa shape index (κ3) is 7.35. The van der Waals surface area contributed by atoms with E-state index in [9.17, 15) is 9.59 Å². The molecule has 1 fully saturated rings. The van der Waals surface area contributed by atoms with Crippen molar-refractivity contribution in [1.82, 2.24) is 10.2 Å². The van der Waals surface area contributed by atoms with Crippen LogP contribution >= 0.6 is 0 Å². The van der Waals surface area contributed by atoms with E-state index in [1.807, 2.05) is 85.8 Å². The number of carbonyl (C=O) groups is 2. The highest BCUT2D eigenvalue weighted by Crippen LogP contribution is 2.22. The van der Waals surface area contributed by atoms with Gasteiger partial charge in [0, 0.05) is 19.0 Å².